The van der Waals surface area contributed by atoms with Gasteiger partial charge in [0.05, 0.1) is 11.8 Å². The second kappa shape index (κ2) is 5.27. The van der Waals surface area contributed by atoms with Crippen molar-refractivity contribution in [2.75, 3.05) is 0 Å². The van der Waals surface area contributed by atoms with Crippen molar-refractivity contribution in [3.05, 3.63) is 59.7 Å². The molecule has 0 atom stereocenters. The number of aromatic carboxylic acids is 1. The van der Waals surface area contributed by atoms with Gasteiger partial charge in [0.2, 0.25) is 0 Å². The van der Waals surface area contributed by atoms with E-state index in [1.807, 2.05) is 0 Å². The van der Waals surface area contributed by atoms with E-state index in [9.17, 15) is 9.18 Å². The first kappa shape index (κ1) is 12.0. The van der Waals surface area contributed by atoms with Crippen LogP contribution in [0.5, 0.6) is 5.75 Å². The van der Waals surface area contributed by atoms with Crippen LogP contribution in [0.2, 0.25) is 0 Å². The first-order valence-electron chi connectivity index (χ1n) is 5.21. The van der Waals surface area contributed by atoms with Gasteiger partial charge in [-0.05, 0) is 24.3 Å². The lowest BCUT2D eigenvalue weighted by atomic mass is 10.1. The van der Waals surface area contributed by atoms with Gasteiger partial charge in [0.1, 0.15) is 18.2 Å². The second-order valence-electron chi connectivity index (χ2n) is 3.59. The monoisotopic (exact) mass is 247 g/mol. The molecule has 0 bridgehead atoms. The molecule has 0 fully saturated rings. The standard InChI is InChI=1S/C13H10FNO3/c14-12-6-9(13(16)17)3-4-10(12)8-18-11-2-1-5-15-7-11/h1-7H,8H2,(H,16,17). The van der Waals surface area contributed by atoms with E-state index < -0.39 is 11.8 Å². The topological polar surface area (TPSA) is 59.4 Å². The molecule has 1 heterocycles. The van der Waals surface area contributed by atoms with Crippen molar-refractivity contribution in [1.29, 1.82) is 0 Å². The molecule has 0 saturated heterocycles. The molecule has 18 heavy (non-hydrogen) atoms. The lowest BCUT2D eigenvalue weighted by molar-refractivity contribution is 0.0696. The zero-order chi connectivity index (χ0) is 13.0. The summed E-state index contributed by atoms with van der Waals surface area (Å²) in [5, 5.41) is 8.70. The second-order valence-corrected chi connectivity index (χ2v) is 3.59. The van der Waals surface area contributed by atoms with Crippen LogP contribution >= 0.6 is 0 Å². The molecule has 0 radical (unpaired) electrons. The Morgan fingerprint density at radius 3 is 2.83 bits per heavy atom. The van der Waals surface area contributed by atoms with Crippen molar-refractivity contribution in [2.45, 2.75) is 6.61 Å². The van der Waals surface area contributed by atoms with Crippen LogP contribution in [0.3, 0.4) is 0 Å². The average molecular weight is 247 g/mol. The molecule has 0 spiro atoms. The highest BCUT2D eigenvalue weighted by atomic mass is 19.1. The zero-order valence-corrected chi connectivity index (χ0v) is 9.34. The van der Waals surface area contributed by atoms with Crippen LogP contribution in [0.15, 0.2) is 42.7 Å². The number of aromatic nitrogens is 1. The Hall–Kier alpha value is -2.43. The van der Waals surface area contributed by atoms with E-state index in [4.69, 9.17) is 9.84 Å². The van der Waals surface area contributed by atoms with E-state index in [0.29, 0.717) is 11.3 Å². The summed E-state index contributed by atoms with van der Waals surface area (Å²) in [6.07, 6.45) is 3.12. The van der Waals surface area contributed by atoms with E-state index in [2.05, 4.69) is 4.98 Å². The summed E-state index contributed by atoms with van der Waals surface area (Å²) >= 11 is 0. The molecular formula is C13H10FNO3. The number of ether oxygens (including phenoxy) is 1. The maximum atomic E-state index is 13.6. The van der Waals surface area contributed by atoms with Crippen LogP contribution in [0.25, 0.3) is 0 Å². The highest BCUT2D eigenvalue weighted by Crippen LogP contribution is 2.14. The number of carbonyl (C=O) groups is 1. The highest BCUT2D eigenvalue weighted by molar-refractivity contribution is 5.87. The lowest BCUT2D eigenvalue weighted by Gasteiger charge is -2.07. The van der Waals surface area contributed by atoms with Crippen molar-refractivity contribution in [3.63, 3.8) is 0 Å². The third-order valence-electron chi connectivity index (χ3n) is 2.33. The summed E-state index contributed by atoms with van der Waals surface area (Å²) < 4.78 is 18.9. The molecule has 0 saturated carbocycles. The molecule has 0 aliphatic heterocycles. The minimum Gasteiger partial charge on any atom is -0.487 e. The Morgan fingerprint density at radius 2 is 2.22 bits per heavy atom. The molecule has 0 aliphatic rings. The summed E-state index contributed by atoms with van der Waals surface area (Å²) in [6.45, 7) is 0.0252. The number of nitrogens with zero attached hydrogens (tertiary/aromatic N) is 1. The Labute approximate surface area is 103 Å². The minimum absolute atomic E-state index is 0.0252. The van der Waals surface area contributed by atoms with Gasteiger partial charge in [0.15, 0.2) is 0 Å². The van der Waals surface area contributed by atoms with Crippen LogP contribution in [0, 0.1) is 5.82 Å². The molecule has 0 unspecified atom stereocenters. The van der Waals surface area contributed by atoms with Gasteiger partial charge in [-0.2, -0.15) is 0 Å². The van der Waals surface area contributed by atoms with Crippen LogP contribution in [0.1, 0.15) is 15.9 Å². The van der Waals surface area contributed by atoms with Crippen LogP contribution in [-0.4, -0.2) is 16.1 Å². The Balaban J connectivity index is 2.08. The Morgan fingerprint density at radius 1 is 1.39 bits per heavy atom. The molecule has 2 rings (SSSR count). The molecule has 1 aromatic heterocycles. The molecule has 1 aromatic carbocycles. The fourth-order valence-electron chi connectivity index (χ4n) is 1.39. The summed E-state index contributed by atoms with van der Waals surface area (Å²) in [6, 6.07) is 7.13. The third-order valence-corrected chi connectivity index (χ3v) is 2.33. The van der Waals surface area contributed by atoms with E-state index in [1.165, 1.54) is 18.3 Å². The normalized spacial score (nSPS) is 10.1. The first-order valence-corrected chi connectivity index (χ1v) is 5.21. The van der Waals surface area contributed by atoms with E-state index >= 15 is 0 Å². The van der Waals surface area contributed by atoms with Crippen LogP contribution < -0.4 is 4.74 Å². The predicted molar refractivity (Wildman–Crippen MR) is 61.9 cm³/mol. The molecule has 1 N–H and O–H groups in total. The molecule has 4 nitrogen and oxygen atoms in total. The molecule has 0 amide bonds. The third kappa shape index (κ3) is 2.82. The van der Waals surface area contributed by atoms with Crippen molar-refractivity contribution >= 4 is 5.97 Å². The Kier molecular flexibility index (Phi) is 3.52. The minimum atomic E-state index is -1.16. The summed E-state index contributed by atoms with van der Waals surface area (Å²) in [7, 11) is 0. The first-order chi connectivity index (χ1) is 8.66. The van der Waals surface area contributed by atoms with Gasteiger partial charge in [-0.15, -0.1) is 0 Å². The van der Waals surface area contributed by atoms with Crippen molar-refractivity contribution in [3.8, 4) is 5.75 Å². The molecule has 0 aliphatic carbocycles. The van der Waals surface area contributed by atoms with E-state index in [1.54, 1.807) is 18.3 Å². The SMILES string of the molecule is O=C(O)c1ccc(COc2cccnc2)c(F)c1. The number of rotatable bonds is 4. The summed E-state index contributed by atoms with van der Waals surface area (Å²) in [5.74, 6) is -1.23. The van der Waals surface area contributed by atoms with E-state index in [0.717, 1.165) is 6.07 Å². The van der Waals surface area contributed by atoms with Gasteiger partial charge in [-0.25, -0.2) is 9.18 Å². The van der Waals surface area contributed by atoms with Crippen LogP contribution in [0.4, 0.5) is 4.39 Å². The van der Waals surface area contributed by atoms with Gasteiger partial charge >= 0.3 is 5.97 Å². The highest BCUT2D eigenvalue weighted by Gasteiger charge is 2.08. The quantitative estimate of drug-likeness (QED) is 0.901. The number of benzene rings is 1. The average Bonchev–Trinajstić information content (AvgIpc) is 2.38. The van der Waals surface area contributed by atoms with E-state index in [-0.39, 0.29) is 12.2 Å². The number of carboxylic acid groups (broad SMARTS) is 1. The maximum Gasteiger partial charge on any atom is 0.335 e. The summed E-state index contributed by atoms with van der Waals surface area (Å²) in [4.78, 5) is 14.5. The number of halogens is 1. The molecule has 2 aromatic rings. The molecule has 5 heteroatoms. The van der Waals surface area contributed by atoms with Gasteiger partial charge in [0.25, 0.3) is 0 Å². The predicted octanol–water partition coefficient (Wildman–Crippen LogP) is 2.50. The maximum absolute atomic E-state index is 13.6. The zero-order valence-electron chi connectivity index (χ0n) is 9.34. The van der Waals surface area contributed by atoms with Gasteiger partial charge in [0, 0.05) is 11.8 Å². The van der Waals surface area contributed by atoms with Gasteiger partial charge in [-0.3, -0.25) is 4.98 Å². The number of carboxylic acids is 1. The number of pyridine rings is 1. The smallest absolute Gasteiger partial charge is 0.335 e. The van der Waals surface area contributed by atoms with Crippen molar-refractivity contribution in [1.82, 2.24) is 4.98 Å². The number of hydrogen-bond acceptors (Lipinski definition) is 3. The van der Waals surface area contributed by atoms with Gasteiger partial charge in [-0.1, -0.05) is 6.07 Å². The molecule has 92 valence electrons. The largest absolute Gasteiger partial charge is 0.487 e. The molecular weight excluding hydrogens is 237 g/mol. The summed E-state index contributed by atoms with van der Waals surface area (Å²) in [5.41, 5.74) is 0.210. The Bertz CT molecular complexity index is 557. The van der Waals surface area contributed by atoms with Gasteiger partial charge < -0.3 is 9.84 Å². The van der Waals surface area contributed by atoms with Crippen LogP contribution in [-0.2, 0) is 6.61 Å². The van der Waals surface area contributed by atoms with Crippen molar-refractivity contribution in [2.24, 2.45) is 0 Å². The number of hydrogen-bond donors (Lipinski definition) is 1. The fourth-order valence-corrected chi connectivity index (χ4v) is 1.39. The fraction of sp³-hybridized carbons (Fsp3) is 0.0769. The lowest BCUT2D eigenvalue weighted by Crippen LogP contribution is -2.02. The van der Waals surface area contributed by atoms with Crippen molar-refractivity contribution < 1.29 is 19.0 Å².